The minimum Gasteiger partial charge on any atom is -0.335 e. The number of likely N-dealkylation sites (N-methyl/N-ethyl adjacent to an activating group) is 1. The first-order valence-corrected chi connectivity index (χ1v) is 12.1. The van der Waals surface area contributed by atoms with Crippen molar-refractivity contribution in [2.24, 2.45) is 0 Å². The number of carbonyl (C=O) groups excluding carboxylic acids is 2. The van der Waals surface area contributed by atoms with Gasteiger partial charge in [0.1, 0.15) is 18.2 Å². The first kappa shape index (κ1) is 23.4. The summed E-state index contributed by atoms with van der Waals surface area (Å²) in [5.41, 5.74) is 1.94. The molecule has 1 saturated heterocycles. The largest absolute Gasteiger partial charge is 0.335 e. The highest BCUT2D eigenvalue weighted by Crippen LogP contribution is 2.29. The molecule has 0 radical (unpaired) electrons. The molecule has 0 N–H and O–H groups in total. The van der Waals surface area contributed by atoms with E-state index in [0.29, 0.717) is 44.0 Å². The number of carbonyl (C=O) groups is 2. The van der Waals surface area contributed by atoms with Crippen LogP contribution in [0.1, 0.15) is 56.2 Å². The molecule has 2 amide bonds. The lowest BCUT2D eigenvalue weighted by Crippen LogP contribution is -2.51. The summed E-state index contributed by atoms with van der Waals surface area (Å²) in [5.74, 6) is 1.57. The number of para-hydroxylation sites is 1. The molecule has 2 aliphatic rings. The Balaban J connectivity index is 1.70. The number of nitrogens with zero attached hydrogens (tertiary/aromatic N) is 6. The second-order valence-corrected chi connectivity index (χ2v) is 9.36. The quantitative estimate of drug-likeness (QED) is 0.716. The van der Waals surface area contributed by atoms with Gasteiger partial charge < -0.3 is 9.80 Å². The smallest absolute Gasteiger partial charge is 0.244 e. The minimum atomic E-state index is 0.0286. The molecular weight excluding hydrogens is 416 g/mol. The predicted octanol–water partition coefficient (Wildman–Crippen LogP) is 2.92. The zero-order valence-corrected chi connectivity index (χ0v) is 20.3. The number of aromatic nitrogens is 3. The molecule has 0 saturated carbocycles. The molecule has 33 heavy (non-hydrogen) atoms. The molecule has 2 unspecified atom stereocenters. The summed E-state index contributed by atoms with van der Waals surface area (Å²) in [5, 5.41) is 4.40. The third kappa shape index (κ3) is 5.11. The van der Waals surface area contributed by atoms with Gasteiger partial charge in [-0.1, -0.05) is 31.5 Å². The molecule has 2 bridgehead atoms. The van der Waals surface area contributed by atoms with Crippen molar-refractivity contribution in [2.75, 3.05) is 25.0 Å². The van der Waals surface area contributed by atoms with Crippen LogP contribution in [0.25, 0.3) is 0 Å². The fourth-order valence-corrected chi connectivity index (χ4v) is 5.27. The van der Waals surface area contributed by atoms with Gasteiger partial charge in [-0.15, -0.1) is 0 Å². The first-order chi connectivity index (χ1) is 15.9. The predicted molar refractivity (Wildman–Crippen MR) is 128 cm³/mol. The van der Waals surface area contributed by atoms with Crippen molar-refractivity contribution in [1.82, 2.24) is 24.6 Å². The minimum absolute atomic E-state index is 0.0286. The van der Waals surface area contributed by atoms with Gasteiger partial charge in [0.15, 0.2) is 0 Å². The molecule has 4 rings (SSSR count). The van der Waals surface area contributed by atoms with Gasteiger partial charge in [0.05, 0.1) is 0 Å². The summed E-state index contributed by atoms with van der Waals surface area (Å²) in [6.45, 7) is 7.66. The van der Waals surface area contributed by atoms with Gasteiger partial charge in [-0.25, -0.2) is 9.67 Å². The van der Waals surface area contributed by atoms with E-state index >= 15 is 0 Å². The number of anilines is 1. The first-order valence-electron chi connectivity index (χ1n) is 12.1. The zero-order valence-electron chi connectivity index (χ0n) is 20.3. The molecule has 2 atom stereocenters. The Morgan fingerprint density at radius 1 is 1.06 bits per heavy atom. The molecule has 2 aromatic rings. The van der Waals surface area contributed by atoms with E-state index in [9.17, 15) is 9.59 Å². The van der Waals surface area contributed by atoms with Gasteiger partial charge >= 0.3 is 0 Å². The van der Waals surface area contributed by atoms with Crippen LogP contribution in [0.4, 0.5) is 5.69 Å². The fourth-order valence-electron chi connectivity index (χ4n) is 5.27. The molecule has 1 aromatic heterocycles. The second kappa shape index (κ2) is 10.0. The number of fused-ring (bicyclic) bond motifs is 3. The summed E-state index contributed by atoms with van der Waals surface area (Å²) >= 11 is 0. The van der Waals surface area contributed by atoms with Gasteiger partial charge in [0.25, 0.3) is 0 Å². The lowest BCUT2D eigenvalue weighted by atomic mass is 9.93. The molecular formula is C25H36N6O2. The number of aryl methyl sites for hydroxylation is 2. The van der Waals surface area contributed by atoms with Crippen LogP contribution in [0.2, 0.25) is 0 Å². The average Bonchev–Trinajstić information content (AvgIpc) is 3.11. The van der Waals surface area contributed by atoms with Crippen molar-refractivity contribution in [2.45, 2.75) is 78.0 Å². The number of benzene rings is 1. The maximum Gasteiger partial charge on any atom is 0.244 e. The Bertz CT molecular complexity index is 1000. The summed E-state index contributed by atoms with van der Waals surface area (Å²) in [7, 11) is 2.18. The van der Waals surface area contributed by atoms with Crippen LogP contribution in [0, 0.1) is 13.8 Å². The van der Waals surface area contributed by atoms with Crippen molar-refractivity contribution >= 4 is 17.5 Å². The molecule has 0 aliphatic carbocycles. The van der Waals surface area contributed by atoms with Crippen LogP contribution >= 0.6 is 0 Å². The van der Waals surface area contributed by atoms with Crippen molar-refractivity contribution in [3.05, 3.63) is 41.5 Å². The third-order valence-electron chi connectivity index (χ3n) is 7.19. The maximum atomic E-state index is 13.6. The third-order valence-corrected chi connectivity index (χ3v) is 7.19. The Morgan fingerprint density at radius 3 is 2.55 bits per heavy atom. The molecule has 8 nitrogen and oxygen atoms in total. The van der Waals surface area contributed by atoms with E-state index in [-0.39, 0.29) is 18.4 Å². The van der Waals surface area contributed by atoms with E-state index in [0.717, 1.165) is 42.8 Å². The van der Waals surface area contributed by atoms with Gasteiger partial charge in [-0.2, -0.15) is 5.10 Å². The Hall–Kier alpha value is -2.74. The van der Waals surface area contributed by atoms with E-state index in [1.165, 1.54) is 0 Å². The van der Waals surface area contributed by atoms with Crippen LogP contribution in [0.15, 0.2) is 24.3 Å². The summed E-state index contributed by atoms with van der Waals surface area (Å²) in [6, 6.07) is 8.76. The van der Waals surface area contributed by atoms with Gasteiger partial charge in [-0.05, 0) is 51.8 Å². The molecule has 1 fully saturated rings. The molecule has 2 aliphatic heterocycles. The molecule has 8 heteroatoms. The van der Waals surface area contributed by atoms with Crippen molar-refractivity contribution in [3.8, 4) is 0 Å². The second-order valence-electron chi connectivity index (χ2n) is 9.36. The van der Waals surface area contributed by atoms with E-state index in [1.807, 2.05) is 54.8 Å². The Kier molecular flexibility index (Phi) is 7.12. The lowest BCUT2D eigenvalue weighted by Gasteiger charge is -2.41. The van der Waals surface area contributed by atoms with Crippen molar-refractivity contribution < 1.29 is 9.59 Å². The number of hydrogen-bond acceptors (Lipinski definition) is 5. The summed E-state index contributed by atoms with van der Waals surface area (Å²) < 4.78 is 1.69. The van der Waals surface area contributed by atoms with Crippen LogP contribution in [-0.2, 0) is 22.7 Å². The van der Waals surface area contributed by atoms with Crippen LogP contribution in [-0.4, -0.2) is 68.6 Å². The molecule has 178 valence electrons. The van der Waals surface area contributed by atoms with E-state index in [1.54, 1.807) is 4.68 Å². The van der Waals surface area contributed by atoms with Crippen LogP contribution in [0.5, 0.6) is 0 Å². The van der Waals surface area contributed by atoms with Gasteiger partial charge in [0, 0.05) is 43.8 Å². The highest BCUT2D eigenvalue weighted by Gasteiger charge is 2.32. The standard InChI is InChI=1S/C25H36N6O2/c1-5-24(32)30-14-13-21-10-8-11-22(28(21)4)16-29(15-20-9-6-7-12-23(20)30)25(33)17-31-19(3)26-18(2)27-31/h6-7,9,12,21-22H,5,8,10-11,13-17H2,1-4H3. The van der Waals surface area contributed by atoms with Crippen molar-refractivity contribution in [3.63, 3.8) is 0 Å². The number of amides is 2. The topological polar surface area (TPSA) is 74.6 Å². The highest BCUT2D eigenvalue weighted by molar-refractivity contribution is 5.94. The maximum absolute atomic E-state index is 13.6. The van der Waals surface area contributed by atoms with Gasteiger partial charge in [0.2, 0.25) is 11.8 Å². The van der Waals surface area contributed by atoms with E-state index in [4.69, 9.17) is 0 Å². The summed E-state index contributed by atoms with van der Waals surface area (Å²) in [4.78, 5) is 37.2. The SMILES string of the molecule is CCC(=O)N1CCC2CCCC(CN(C(=O)Cn3nc(C)nc3C)Cc3ccccc31)N2C. The van der Waals surface area contributed by atoms with E-state index in [2.05, 4.69) is 22.0 Å². The number of hydrogen-bond donors (Lipinski definition) is 0. The zero-order chi connectivity index (χ0) is 23.5. The Morgan fingerprint density at radius 2 is 1.82 bits per heavy atom. The lowest BCUT2D eigenvalue weighted by molar-refractivity contribution is -0.134. The monoisotopic (exact) mass is 452 g/mol. The number of rotatable bonds is 3. The Labute approximate surface area is 196 Å². The molecule has 3 heterocycles. The van der Waals surface area contributed by atoms with Crippen LogP contribution in [0.3, 0.4) is 0 Å². The molecule has 1 aromatic carbocycles. The van der Waals surface area contributed by atoms with Gasteiger partial charge in [-0.3, -0.25) is 14.5 Å². The number of piperidine rings is 1. The molecule has 0 spiro atoms. The normalized spacial score (nSPS) is 21.9. The highest BCUT2D eigenvalue weighted by atomic mass is 16.2. The van der Waals surface area contributed by atoms with Crippen LogP contribution < -0.4 is 4.90 Å². The van der Waals surface area contributed by atoms with E-state index < -0.39 is 0 Å². The van der Waals surface area contributed by atoms with Crippen molar-refractivity contribution in [1.29, 1.82) is 0 Å². The summed E-state index contributed by atoms with van der Waals surface area (Å²) in [6.07, 6.45) is 4.77. The average molecular weight is 453 g/mol. The fraction of sp³-hybridized carbons (Fsp3) is 0.600.